The molecule has 0 atom stereocenters. The molecule has 2 saturated heterocycles. The van der Waals surface area contributed by atoms with Gasteiger partial charge < -0.3 is 39.0 Å². The van der Waals surface area contributed by atoms with Crippen LogP contribution in [0.4, 0.5) is 34.9 Å². The van der Waals surface area contributed by atoms with Gasteiger partial charge in [-0.25, -0.2) is 9.97 Å². The molecule has 2 N–H and O–H groups in total. The highest BCUT2D eigenvalue weighted by atomic mass is 35.5. The van der Waals surface area contributed by atoms with Gasteiger partial charge in [-0.2, -0.15) is 9.97 Å². The van der Waals surface area contributed by atoms with Gasteiger partial charge in [0.1, 0.15) is 23.3 Å². The van der Waals surface area contributed by atoms with Crippen LogP contribution in [0, 0.1) is 5.92 Å². The molecule has 16 nitrogen and oxygen atoms in total. The third-order valence-electron chi connectivity index (χ3n) is 11.4. The number of anilines is 6. The van der Waals surface area contributed by atoms with Gasteiger partial charge in [-0.1, -0.05) is 30.1 Å². The largest absolute Gasteiger partial charge is 0.480 e. The van der Waals surface area contributed by atoms with E-state index in [1.807, 2.05) is 24.3 Å². The lowest BCUT2D eigenvalue weighted by Gasteiger charge is -2.30. The van der Waals surface area contributed by atoms with Gasteiger partial charge in [0.15, 0.2) is 34.7 Å². The van der Waals surface area contributed by atoms with Gasteiger partial charge >= 0.3 is 0 Å². The first-order valence-electron chi connectivity index (χ1n) is 21.0. The SMILES string of the molecule is CC(=O)COc1cc2cc(Nc3nc(N4CCCCC4)nc(CC(=O)COc4cc5cc(Nc6nc(N7CCC(C)CC7)ncc6Cl)ccc5n(C)c4=O)c3Cl)ccc2n(C)c1=O. The summed E-state index contributed by atoms with van der Waals surface area (Å²) < 4.78 is 14.4. The number of rotatable bonds is 14. The van der Waals surface area contributed by atoms with E-state index in [0.29, 0.717) is 73.3 Å². The molecule has 6 aromatic rings. The molecule has 328 valence electrons. The zero-order valence-corrected chi connectivity index (χ0v) is 37.1. The molecule has 2 aromatic carbocycles. The molecular formula is C45H48Cl2N10O6. The molecule has 0 aliphatic carbocycles. The van der Waals surface area contributed by atoms with Gasteiger partial charge in [-0.05, 0) is 93.5 Å². The maximum atomic E-state index is 13.6. The fourth-order valence-electron chi connectivity index (χ4n) is 7.84. The molecule has 0 amide bonds. The Hall–Kier alpha value is -6.26. The molecule has 0 unspecified atom stereocenters. The molecule has 8 rings (SSSR count). The highest BCUT2D eigenvalue weighted by molar-refractivity contribution is 6.34. The maximum Gasteiger partial charge on any atom is 0.293 e. The van der Waals surface area contributed by atoms with Crippen LogP contribution < -0.4 is 41.0 Å². The van der Waals surface area contributed by atoms with E-state index in [1.54, 1.807) is 44.6 Å². The van der Waals surface area contributed by atoms with Gasteiger partial charge in [-0.15, -0.1) is 0 Å². The first kappa shape index (κ1) is 43.4. The molecular weight excluding hydrogens is 847 g/mol. The van der Waals surface area contributed by atoms with Crippen LogP contribution in [0.25, 0.3) is 21.8 Å². The Labute approximate surface area is 373 Å². The Morgan fingerprint density at radius 3 is 1.89 bits per heavy atom. The Balaban J connectivity index is 1.01. The maximum absolute atomic E-state index is 13.6. The molecule has 2 aliphatic heterocycles. The van der Waals surface area contributed by atoms with Crippen LogP contribution in [0.15, 0.2) is 64.3 Å². The first-order chi connectivity index (χ1) is 30.3. The Morgan fingerprint density at radius 2 is 1.29 bits per heavy atom. The van der Waals surface area contributed by atoms with Crippen LogP contribution in [-0.4, -0.2) is 80.0 Å². The summed E-state index contributed by atoms with van der Waals surface area (Å²) >= 11 is 13.5. The zero-order chi connectivity index (χ0) is 44.4. The van der Waals surface area contributed by atoms with Crippen LogP contribution in [0.3, 0.4) is 0 Å². The van der Waals surface area contributed by atoms with Crippen LogP contribution in [0.1, 0.15) is 51.6 Å². The minimum Gasteiger partial charge on any atom is -0.480 e. The van der Waals surface area contributed by atoms with Crippen molar-refractivity contribution in [3.05, 3.63) is 91.2 Å². The summed E-state index contributed by atoms with van der Waals surface area (Å²) in [6.45, 7) is 6.26. The fourth-order valence-corrected chi connectivity index (χ4v) is 8.18. The fraction of sp³-hybridized carbons (Fsp3) is 0.378. The summed E-state index contributed by atoms with van der Waals surface area (Å²) in [4.78, 5) is 74.5. The van der Waals surface area contributed by atoms with Crippen LogP contribution in [-0.2, 0) is 30.1 Å². The topological polar surface area (TPSA) is 179 Å². The third kappa shape index (κ3) is 9.71. The van der Waals surface area contributed by atoms with E-state index in [0.717, 1.165) is 58.3 Å². The van der Waals surface area contributed by atoms with Gasteiger partial charge in [0.25, 0.3) is 11.1 Å². The molecule has 18 heteroatoms. The molecule has 0 bridgehead atoms. The lowest BCUT2D eigenvalue weighted by atomic mass is 10.00. The smallest absolute Gasteiger partial charge is 0.293 e. The number of halogens is 2. The average Bonchev–Trinajstić information content (AvgIpc) is 3.27. The van der Waals surface area contributed by atoms with Crippen molar-refractivity contribution in [3.8, 4) is 11.5 Å². The van der Waals surface area contributed by atoms with Crippen LogP contribution >= 0.6 is 23.2 Å². The minimum atomic E-state index is -0.410. The number of ether oxygens (including phenoxy) is 2. The second-order valence-corrected chi connectivity index (χ2v) is 17.0. The van der Waals surface area contributed by atoms with Gasteiger partial charge in [0.2, 0.25) is 11.9 Å². The number of hydrogen-bond donors (Lipinski definition) is 2. The number of carbonyl (C=O) groups excluding carboxylic acids is 2. The van der Waals surface area contributed by atoms with E-state index >= 15 is 0 Å². The van der Waals surface area contributed by atoms with E-state index in [2.05, 4.69) is 32.3 Å². The summed E-state index contributed by atoms with van der Waals surface area (Å²) in [5.41, 5.74) is 2.14. The molecule has 2 aliphatic rings. The number of nitrogens with zero attached hydrogens (tertiary/aromatic N) is 8. The zero-order valence-electron chi connectivity index (χ0n) is 35.5. The molecule has 6 heterocycles. The third-order valence-corrected chi connectivity index (χ3v) is 12.1. The normalized spacial score (nSPS) is 14.6. The van der Waals surface area contributed by atoms with Crippen molar-refractivity contribution >= 4 is 91.5 Å². The predicted octanol–water partition coefficient (Wildman–Crippen LogP) is 7.15. The number of hydrogen-bond acceptors (Lipinski definition) is 14. The van der Waals surface area contributed by atoms with Crippen molar-refractivity contribution in [1.29, 1.82) is 0 Å². The minimum absolute atomic E-state index is 0.00554. The van der Waals surface area contributed by atoms with E-state index < -0.39 is 12.2 Å². The summed E-state index contributed by atoms with van der Waals surface area (Å²) in [6.07, 6.45) is 6.60. The molecule has 4 aromatic heterocycles. The molecule has 63 heavy (non-hydrogen) atoms. The second-order valence-electron chi connectivity index (χ2n) is 16.3. The first-order valence-corrected chi connectivity index (χ1v) is 21.7. The van der Waals surface area contributed by atoms with Crippen molar-refractivity contribution in [2.75, 3.05) is 59.8 Å². The summed E-state index contributed by atoms with van der Waals surface area (Å²) in [5, 5.41) is 8.49. The van der Waals surface area contributed by atoms with Gasteiger partial charge in [0.05, 0.1) is 29.3 Å². The number of fused-ring (bicyclic) bond motifs is 2. The lowest BCUT2D eigenvalue weighted by molar-refractivity contribution is -0.120. The number of aryl methyl sites for hydroxylation is 2. The summed E-state index contributed by atoms with van der Waals surface area (Å²) in [6, 6.07) is 14.1. The summed E-state index contributed by atoms with van der Waals surface area (Å²) in [7, 11) is 3.28. The van der Waals surface area contributed by atoms with Crippen molar-refractivity contribution in [1.82, 2.24) is 29.1 Å². The van der Waals surface area contributed by atoms with Gasteiger partial charge in [-0.3, -0.25) is 19.2 Å². The van der Waals surface area contributed by atoms with Crippen molar-refractivity contribution in [2.24, 2.45) is 20.0 Å². The van der Waals surface area contributed by atoms with Crippen molar-refractivity contribution < 1.29 is 19.1 Å². The Morgan fingerprint density at radius 1 is 0.730 bits per heavy atom. The number of aromatic nitrogens is 6. The number of nitrogens with one attached hydrogen (secondary N) is 2. The number of piperidine rings is 2. The Kier molecular flexibility index (Phi) is 12.8. The highest BCUT2D eigenvalue weighted by Crippen LogP contribution is 2.33. The highest BCUT2D eigenvalue weighted by Gasteiger charge is 2.23. The molecule has 0 saturated carbocycles. The number of ketones is 2. The molecule has 2 fully saturated rings. The second kappa shape index (κ2) is 18.6. The standard InChI is InChI=1S/C45H48Cl2N10O6/c1-26-12-16-57(17-13-26)44-48-23-33(46)40(52-44)49-30-8-10-35-28(18-30)21-38(43(61)55(35)4)63-25-32(59)22-34-39(47)41(53-45(51-34)56-14-6-5-7-15-56)50-31-9-11-36-29(19-31)20-37(42(60)54(36)3)62-24-27(2)58/h8-11,18-21,23,26H,5-7,12-17,22,24-25H2,1-4H3,(H,48,49,52)(H,50,51,53). The van der Waals surface area contributed by atoms with Crippen molar-refractivity contribution in [2.45, 2.75) is 52.4 Å². The van der Waals surface area contributed by atoms with E-state index in [1.165, 1.54) is 16.1 Å². The van der Waals surface area contributed by atoms with Crippen molar-refractivity contribution in [3.63, 3.8) is 0 Å². The molecule has 0 radical (unpaired) electrons. The van der Waals surface area contributed by atoms with Crippen LogP contribution in [0.5, 0.6) is 11.5 Å². The Bertz CT molecular complexity index is 2850. The monoisotopic (exact) mass is 894 g/mol. The number of carbonyl (C=O) groups is 2. The number of Topliss-reactive ketones (excluding diaryl/α,β-unsaturated/α-hetero) is 2. The predicted molar refractivity (Wildman–Crippen MR) is 246 cm³/mol. The molecule has 0 spiro atoms. The van der Waals surface area contributed by atoms with E-state index in [9.17, 15) is 19.2 Å². The van der Waals surface area contributed by atoms with Crippen LogP contribution in [0.2, 0.25) is 10.0 Å². The number of benzene rings is 2. The van der Waals surface area contributed by atoms with E-state index in [-0.39, 0.29) is 46.7 Å². The number of pyridine rings is 2. The lowest BCUT2D eigenvalue weighted by Crippen LogP contribution is -2.34. The quantitative estimate of drug-likeness (QED) is 0.113. The average molecular weight is 896 g/mol. The van der Waals surface area contributed by atoms with E-state index in [4.69, 9.17) is 47.6 Å². The summed E-state index contributed by atoms with van der Waals surface area (Å²) in [5.74, 6) is 1.97. The van der Waals surface area contributed by atoms with Gasteiger partial charge in [0, 0.05) is 62.4 Å².